The van der Waals surface area contributed by atoms with Gasteiger partial charge in [0.25, 0.3) is 0 Å². The van der Waals surface area contributed by atoms with E-state index in [1.54, 1.807) is 0 Å². The van der Waals surface area contributed by atoms with E-state index in [2.05, 4.69) is 4.90 Å². The standard InChI is InChI=1S/C11H23NO3/c1-11(2,3)15-9-10(13)8-12-4-6-14-7-5-12/h10,13H,4-9H2,1-3H3/t10-/m0/s1. The summed E-state index contributed by atoms with van der Waals surface area (Å²) in [5.74, 6) is 0. The van der Waals surface area contributed by atoms with Crippen LogP contribution in [0.15, 0.2) is 0 Å². The fourth-order valence-electron chi connectivity index (χ4n) is 1.48. The van der Waals surface area contributed by atoms with Crippen molar-refractivity contribution in [1.29, 1.82) is 0 Å². The SMILES string of the molecule is CC(C)(C)OC[C@@H](O)CN1CCOCC1. The van der Waals surface area contributed by atoms with Crippen LogP contribution < -0.4 is 0 Å². The maximum Gasteiger partial charge on any atom is 0.0900 e. The van der Waals surface area contributed by atoms with Crippen molar-refractivity contribution in [2.75, 3.05) is 39.5 Å². The second-order valence-electron chi connectivity index (χ2n) is 4.99. The zero-order valence-corrected chi connectivity index (χ0v) is 10.0. The maximum absolute atomic E-state index is 9.76. The molecule has 0 aromatic carbocycles. The van der Waals surface area contributed by atoms with E-state index in [0.717, 1.165) is 26.3 Å². The van der Waals surface area contributed by atoms with Crippen LogP contribution in [0.3, 0.4) is 0 Å². The Morgan fingerprint density at radius 2 is 1.93 bits per heavy atom. The van der Waals surface area contributed by atoms with E-state index < -0.39 is 6.10 Å². The lowest BCUT2D eigenvalue weighted by atomic mass is 10.2. The summed E-state index contributed by atoms with van der Waals surface area (Å²) < 4.78 is 10.8. The van der Waals surface area contributed by atoms with Crippen molar-refractivity contribution >= 4 is 0 Å². The van der Waals surface area contributed by atoms with Gasteiger partial charge in [0.05, 0.1) is 31.5 Å². The van der Waals surface area contributed by atoms with Gasteiger partial charge >= 0.3 is 0 Å². The summed E-state index contributed by atoms with van der Waals surface area (Å²) in [5.41, 5.74) is -0.175. The largest absolute Gasteiger partial charge is 0.389 e. The first-order valence-electron chi connectivity index (χ1n) is 5.59. The first kappa shape index (κ1) is 12.9. The zero-order chi connectivity index (χ0) is 11.3. The topological polar surface area (TPSA) is 41.9 Å². The fourth-order valence-corrected chi connectivity index (χ4v) is 1.48. The van der Waals surface area contributed by atoms with Gasteiger partial charge in [0, 0.05) is 19.6 Å². The van der Waals surface area contributed by atoms with Crippen LogP contribution in [0.4, 0.5) is 0 Å². The number of β-amino-alcohol motifs (C(OH)–C–C–N with tert-alkyl or cyclic N) is 1. The van der Waals surface area contributed by atoms with E-state index in [1.165, 1.54) is 0 Å². The molecule has 0 bridgehead atoms. The van der Waals surface area contributed by atoms with Gasteiger partial charge in [0.2, 0.25) is 0 Å². The van der Waals surface area contributed by atoms with Crippen molar-refractivity contribution in [2.24, 2.45) is 0 Å². The molecule has 4 nitrogen and oxygen atoms in total. The number of hydrogen-bond donors (Lipinski definition) is 1. The van der Waals surface area contributed by atoms with Crippen molar-refractivity contribution in [1.82, 2.24) is 4.90 Å². The van der Waals surface area contributed by atoms with Crippen LogP contribution in [0.2, 0.25) is 0 Å². The molecule has 15 heavy (non-hydrogen) atoms. The van der Waals surface area contributed by atoms with Crippen molar-refractivity contribution in [3.8, 4) is 0 Å². The lowest BCUT2D eigenvalue weighted by Gasteiger charge is -2.29. The molecule has 90 valence electrons. The minimum Gasteiger partial charge on any atom is -0.389 e. The Labute approximate surface area is 92.2 Å². The smallest absolute Gasteiger partial charge is 0.0900 e. The van der Waals surface area contributed by atoms with E-state index in [0.29, 0.717) is 13.2 Å². The van der Waals surface area contributed by atoms with Crippen LogP contribution in [0.25, 0.3) is 0 Å². The van der Waals surface area contributed by atoms with E-state index in [1.807, 2.05) is 20.8 Å². The molecule has 0 saturated carbocycles. The summed E-state index contributed by atoms with van der Waals surface area (Å²) in [7, 11) is 0. The summed E-state index contributed by atoms with van der Waals surface area (Å²) in [6, 6.07) is 0. The normalized spacial score (nSPS) is 21.6. The molecule has 0 amide bonds. The third-order valence-corrected chi connectivity index (χ3v) is 2.28. The van der Waals surface area contributed by atoms with E-state index in [-0.39, 0.29) is 5.60 Å². The molecule has 4 heteroatoms. The maximum atomic E-state index is 9.76. The molecule has 0 aromatic rings. The first-order chi connectivity index (χ1) is 6.97. The van der Waals surface area contributed by atoms with Gasteiger partial charge in [-0.1, -0.05) is 0 Å². The van der Waals surface area contributed by atoms with Gasteiger partial charge in [-0.2, -0.15) is 0 Å². The fraction of sp³-hybridized carbons (Fsp3) is 1.00. The molecule has 1 aliphatic heterocycles. The number of morpholine rings is 1. The number of ether oxygens (including phenoxy) is 2. The average molecular weight is 217 g/mol. The highest BCUT2D eigenvalue weighted by molar-refractivity contribution is 4.68. The predicted octanol–water partition coefficient (Wildman–Crippen LogP) is 0.495. The summed E-state index contributed by atoms with van der Waals surface area (Å²) in [6.07, 6.45) is -0.401. The summed E-state index contributed by atoms with van der Waals surface area (Å²) in [4.78, 5) is 2.21. The Balaban J connectivity index is 2.14. The number of aliphatic hydroxyl groups excluding tert-OH is 1. The molecule has 1 fully saturated rings. The molecule has 0 unspecified atom stereocenters. The second-order valence-corrected chi connectivity index (χ2v) is 4.99. The van der Waals surface area contributed by atoms with Gasteiger partial charge in [-0.05, 0) is 20.8 Å². The van der Waals surface area contributed by atoms with E-state index in [9.17, 15) is 5.11 Å². The molecule has 0 spiro atoms. The molecule has 0 aliphatic carbocycles. The van der Waals surface area contributed by atoms with Crippen LogP contribution in [0.5, 0.6) is 0 Å². The molecule has 1 saturated heterocycles. The molecular weight excluding hydrogens is 194 g/mol. The van der Waals surface area contributed by atoms with Crippen molar-refractivity contribution in [2.45, 2.75) is 32.5 Å². The average Bonchev–Trinajstić information content (AvgIpc) is 2.15. The van der Waals surface area contributed by atoms with Crippen LogP contribution in [-0.2, 0) is 9.47 Å². The molecule has 1 heterocycles. The van der Waals surface area contributed by atoms with Crippen LogP contribution in [-0.4, -0.2) is 61.2 Å². The zero-order valence-electron chi connectivity index (χ0n) is 10.0. The summed E-state index contributed by atoms with van der Waals surface area (Å²) in [6.45, 7) is 10.4. The molecule has 0 radical (unpaired) electrons. The van der Waals surface area contributed by atoms with E-state index >= 15 is 0 Å². The molecule has 0 aromatic heterocycles. The van der Waals surface area contributed by atoms with Crippen LogP contribution in [0, 0.1) is 0 Å². The van der Waals surface area contributed by atoms with Gasteiger partial charge in [0.1, 0.15) is 0 Å². The molecular formula is C11H23NO3. The van der Waals surface area contributed by atoms with Crippen molar-refractivity contribution < 1.29 is 14.6 Å². The van der Waals surface area contributed by atoms with Crippen molar-refractivity contribution in [3.63, 3.8) is 0 Å². The van der Waals surface area contributed by atoms with Gasteiger partial charge in [-0.25, -0.2) is 0 Å². The Hall–Kier alpha value is -0.160. The highest BCUT2D eigenvalue weighted by atomic mass is 16.5. The highest BCUT2D eigenvalue weighted by Crippen LogP contribution is 2.08. The van der Waals surface area contributed by atoms with E-state index in [4.69, 9.17) is 9.47 Å². The molecule has 1 atom stereocenters. The molecule has 1 N–H and O–H groups in total. The van der Waals surface area contributed by atoms with Gasteiger partial charge in [0.15, 0.2) is 0 Å². The van der Waals surface area contributed by atoms with Gasteiger partial charge in [-0.15, -0.1) is 0 Å². The molecule has 1 rings (SSSR count). The Bertz CT molecular complexity index is 173. The molecule has 1 aliphatic rings. The minimum atomic E-state index is -0.401. The van der Waals surface area contributed by atoms with Crippen LogP contribution in [0.1, 0.15) is 20.8 Å². The number of aliphatic hydroxyl groups is 1. The van der Waals surface area contributed by atoms with Gasteiger partial charge in [-0.3, -0.25) is 4.90 Å². The Morgan fingerprint density at radius 1 is 1.33 bits per heavy atom. The number of nitrogens with zero attached hydrogens (tertiary/aromatic N) is 1. The minimum absolute atomic E-state index is 0.175. The monoisotopic (exact) mass is 217 g/mol. The highest BCUT2D eigenvalue weighted by Gasteiger charge is 2.17. The Morgan fingerprint density at radius 3 is 2.47 bits per heavy atom. The summed E-state index contributed by atoms with van der Waals surface area (Å²) in [5, 5.41) is 9.76. The van der Waals surface area contributed by atoms with Crippen LogP contribution >= 0.6 is 0 Å². The number of rotatable bonds is 4. The third-order valence-electron chi connectivity index (χ3n) is 2.28. The number of hydrogen-bond acceptors (Lipinski definition) is 4. The third kappa shape index (κ3) is 6.10. The Kier molecular flexibility index (Phi) is 4.99. The summed E-state index contributed by atoms with van der Waals surface area (Å²) >= 11 is 0. The quantitative estimate of drug-likeness (QED) is 0.744. The first-order valence-corrected chi connectivity index (χ1v) is 5.59. The lowest BCUT2D eigenvalue weighted by molar-refractivity contribution is -0.0633. The van der Waals surface area contributed by atoms with Crippen molar-refractivity contribution in [3.05, 3.63) is 0 Å². The van der Waals surface area contributed by atoms with Gasteiger partial charge < -0.3 is 14.6 Å². The lowest BCUT2D eigenvalue weighted by Crippen LogP contribution is -2.42. The second kappa shape index (κ2) is 5.80. The predicted molar refractivity (Wildman–Crippen MR) is 59.0 cm³/mol.